The van der Waals surface area contributed by atoms with E-state index in [1.54, 1.807) is 19.1 Å². The number of rotatable bonds is 5. The van der Waals surface area contributed by atoms with Gasteiger partial charge < -0.3 is 0 Å². The van der Waals surface area contributed by atoms with Gasteiger partial charge in [-0.3, -0.25) is 4.79 Å². The van der Waals surface area contributed by atoms with Gasteiger partial charge in [0.2, 0.25) is 0 Å². The van der Waals surface area contributed by atoms with Gasteiger partial charge in [0, 0.05) is 12.0 Å². The lowest BCUT2D eigenvalue weighted by molar-refractivity contribution is 0.0988. The lowest BCUT2D eigenvalue weighted by atomic mass is 10.1. The molecule has 16 heavy (non-hydrogen) atoms. The number of hydrogen-bond donors (Lipinski definition) is 0. The number of carbonyl (C=O) groups is 1. The molecule has 0 aliphatic carbocycles. The first kappa shape index (κ1) is 12.6. The monoisotopic (exact) mass is 238 g/mol. The van der Waals surface area contributed by atoms with Crippen molar-refractivity contribution < 1.29 is 13.2 Å². The predicted octanol–water partition coefficient (Wildman–Crippen LogP) is 2.24. The van der Waals surface area contributed by atoms with Crippen molar-refractivity contribution in [1.82, 2.24) is 0 Å². The van der Waals surface area contributed by atoms with Crippen LogP contribution in [0.3, 0.4) is 0 Å². The standard InChI is InChI=1S/C12H14O3S/c1-3-9-16(14,15)11-7-5-10(6-8-11)12(13)4-2/h3,5-8H,1,4,9H2,2H3. The van der Waals surface area contributed by atoms with Gasteiger partial charge in [-0.15, -0.1) is 6.58 Å². The summed E-state index contributed by atoms with van der Waals surface area (Å²) < 4.78 is 23.3. The minimum absolute atomic E-state index is 0.00710. The summed E-state index contributed by atoms with van der Waals surface area (Å²) in [6.07, 6.45) is 1.76. The highest BCUT2D eigenvalue weighted by Crippen LogP contribution is 2.13. The van der Waals surface area contributed by atoms with Crippen molar-refractivity contribution in [2.24, 2.45) is 0 Å². The third-order valence-electron chi connectivity index (χ3n) is 2.19. The Balaban J connectivity index is 3.04. The summed E-state index contributed by atoms with van der Waals surface area (Å²) in [5.74, 6) is -0.0821. The van der Waals surface area contributed by atoms with E-state index < -0.39 is 9.84 Å². The molecule has 3 nitrogen and oxygen atoms in total. The van der Waals surface area contributed by atoms with Gasteiger partial charge in [0.05, 0.1) is 10.6 Å². The molecule has 0 saturated carbocycles. The Hall–Kier alpha value is -1.42. The number of sulfone groups is 1. The fraction of sp³-hybridized carbons (Fsp3) is 0.250. The molecular formula is C12H14O3S. The molecule has 0 unspecified atom stereocenters. The van der Waals surface area contributed by atoms with E-state index in [0.29, 0.717) is 12.0 Å². The highest BCUT2D eigenvalue weighted by molar-refractivity contribution is 7.91. The zero-order chi connectivity index (χ0) is 12.2. The van der Waals surface area contributed by atoms with E-state index in [2.05, 4.69) is 6.58 Å². The number of benzene rings is 1. The van der Waals surface area contributed by atoms with Crippen LogP contribution >= 0.6 is 0 Å². The first-order valence-electron chi connectivity index (χ1n) is 4.98. The molecule has 0 atom stereocenters. The maximum Gasteiger partial charge on any atom is 0.181 e. The van der Waals surface area contributed by atoms with Gasteiger partial charge in [-0.25, -0.2) is 8.42 Å². The molecule has 0 amide bonds. The van der Waals surface area contributed by atoms with Crippen LogP contribution in [0.2, 0.25) is 0 Å². The van der Waals surface area contributed by atoms with Crippen molar-refractivity contribution in [2.75, 3.05) is 5.75 Å². The first-order chi connectivity index (χ1) is 7.51. The van der Waals surface area contributed by atoms with E-state index in [1.807, 2.05) is 0 Å². The molecule has 4 heteroatoms. The second-order valence-corrected chi connectivity index (χ2v) is 5.41. The van der Waals surface area contributed by atoms with Crippen molar-refractivity contribution in [2.45, 2.75) is 18.2 Å². The highest BCUT2D eigenvalue weighted by Gasteiger charge is 2.12. The van der Waals surface area contributed by atoms with Gasteiger partial charge in [0.25, 0.3) is 0 Å². The average Bonchev–Trinajstić information content (AvgIpc) is 2.28. The lowest BCUT2D eigenvalue weighted by Gasteiger charge is -2.02. The van der Waals surface area contributed by atoms with E-state index in [-0.39, 0.29) is 16.4 Å². The third kappa shape index (κ3) is 2.79. The maximum atomic E-state index is 11.6. The van der Waals surface area contributed by atoms with Crippen LogP contribution < -0.4 is 0 Å². The number of hydrogen-bond acceptors (Lipinski definition) is 3. The number of ketones is 1. The number of carbonyl (C=O) groups excluding carboxylic acids is 1. The Morgan fingerprint density at radius 3 is 2.31 bits per heavy atom. The smallest absolute Gasteiger partial charge is 0.181 e. The SMILES string of the molecule is C=CCS(=O)(=O)c1ccc(C(=O)CC)cc1. The molecule has 0 spiro atoms. The molecule has 0 aromatic heterocycles. The fourth-order valence-electron chi connectivity index (χ4n) is 1.30. The van der Waals surface area contributed by atoms with Gasteiger partial charge in [-0.1, -0.05) is 25.1 Å². The van der Waals surface area contributed by atoms with Crippen LogP contribution in [0.4, 0.5) is 0 Å². The van der Waals surface area contributed by atoms with Gasteiger partial charge in [0.1, 0.15) is 0 Å². The Labute approximate surface area is 95.7 Å². The lowest BCUT2D eigenvalue weighted by Crippen LogP contribution is -2.05. The Morgan fingerprint density at radius 1 is 1.31 bits per heavy atom. The van der Waals surface area contributed by atoms with E-state index in [0.717, 1.165) is 0 Å². The molecule has 0 aliphatic heterocycles. The van der Waals surface area contributed by atoms with E-state index in [4.69, 9.17) is 0 Å². The molecule has 0 bridgehead atoms. The van der Waals surface area contributed by atoms with E-state index in [1.165, 1.54) is 18.2 Å². The molecule has 1 aromatic rings. The second-order valence-electron chi connectivity index (χ2n) is 3.37. The van der Waals surface area contributed by atoms with E-state index >= 15 is 0 Å². The molecule has 0 N–H and O–H groups in total. The van der Waals surface area contributed by atoms with Crippen LogP contribution in [-0.4, -0.2) is 20.0 Å². The minimum atomic E-state index is -3.29. The summed E-state index contributed by atoms with van der Waals surface area (Å²) >= 11 is 0. The van der Waals surface area contributed by atoms with Crippen molar-refractivity contribution in [3.8, 4) is 0 Å². The molecule has 0 fully saturated rings. The summed E-state index contributed by atoms with van der Waals surface area (Å²) in [5, 5.41) is 0. The molecule has 0 aliphatic rings. The van der Waals surface area contributed by atoms with Crippen molar-refractivity contribution >= 4 is 15.6 Å². The van der Waals surface area contributed by atoms with Gasteiger partial charge in [0.15, 0.2) is 15.6 Å². The first-order valence-corrected chi connectivity index (χ1v) is 6.63. The Morgan fingerprint density at radius 2 is 1.88 bits per heavy atom. The van der Waals surface area contributed by atoms with Gasteiger partial charge in [-0.05, 0) is 12.1 Å². The summed E-state index contributed by atoms with van der Waals surface area (Å²) in [6.45, 7) is 5.17. The molecule has 86 valence electrons. The van der Waals surface area contributed by atoms with Crippen LogP contribution in [0.1, 0.15) is 23.7 Å². The zero-order valence-corrected chi connectivity index (χ0v) is 9.96. The zero-order valence-electron chi connectivity index (χ0n) is 9.14. The second kappa shape index (κ2) is 5.07. The molecule has 0 heterocycles. The minimum Gasteiger partial charge on any atom is -0.294 e. The number of Topliss-reactive ketones (excluding diaryl/α,β-unsaturated/α-hetero) is 1. The molecule has 1 rings (SSSR count). The highest BCUT2D eigenvalue weighted by atomic mass is 32.2. The average molecular weight is 238 g/mol. The summed E-state index contributed by atoms with van der Waals surface area (Å²) in [4.78, 5) is 11.6. The summed E-state index contributed by atoms with van der Waals surface area (Å²) in [6, 6.07) is 6.01. The van der Waals surface area contributed by atoms with Crippen molar-refractivity contribution in [3.63, 3.8) is 0 Å². The van der Waals surface area contributed by atoms with Gasteiger partial charge >= 0.3 is 0 Å². The summed E-state index contributed by atoms with van der Waals surface area (Å²) in [5.41, 5.74) is 0.542. The maximum absolute atomic E-state index is 11.6. The fourth-order valence-corrected chi connectivity index (χ4v) is 2.36. The predicted molar refractivity (Wildman–Crippen MR) is 63.3 cm³/mol. The van der Waals surface area contributed by atoms with Crippen molar-refractivity contribution in [1.29, 1.82) is 0 Å². The van der Waals surface area contributed by atoms with Crippen LogP contribution in [-0.2, 0) is 9.84 Å². The van der Waals surface area contributed by atoms with Crippen LogP contribution in [0.15, 0.2) is 41.8 Å². The quantitative estimate of drug-likeness (QED) is 0.584. The molecule has 0 saturated heterocycles. The van der Waals surface area contributed by atoms with Crippen LogP contribution in [0, 0.1) is 0 Å². The third-order valence-corrected chi connectivity index (χ3v) is 3.86. The van der Waals surface area contributed by atoms with Crippen LogP contribution in [0.25, 0.3) is 0 Å². The molecule has 0 radical (unpaired) electrons. The Bertz CT molecular complexity index is 484. The van der Waals surface area contributed by atoms with E-state index in [9.17, 15) is 13.2 Å². The summed E-state index contributed by atoms with van der Waals surface area (Å²) in [7, 11) is -3.29. The topological polar surface area (TPSA) is 51.2 Å². The largest absolute Gasteiger partial charge is 0.294 e. The van der Waals surface area contributed by atoms with Crippen molar-refractivity contribution in [3.05, 3.63) is 42.5 Å². The van der Waals surface area contributed by atoms with Crippen LogP contribution in [0.5, 0.6) is 0 Å². The molecule has 1 aromatic carbocycles. The normalized spacial score (nSPS) is 11.1. The molecular weight excluding hydrogens is 224 g/mol. The Kier molecular flexibility index (Phi) is 4.01. The van der Waals surface area contributed by atoms with Gasteiger partial charge in [-0.2, -0.15) is 0 Å².